The molecule has 0 aromatic heterocycles. The number of hydrogen-bond donors (Lipinski definition) is 1. The van der Waals surface area contributed by atoms with Gasteiger partial charge in [0.2, 0.25) is 5.91 Å². The van der Waals surface area contributed by atoms with Crippen LogP contribution < -0.4 is 0 Å². The van der Waals surface area contributed by atoms with Crippen LogP contribution in [0.15, 0.2) is 24.3 Å². The summed E-state index contributed by atoms with van der Waals surface area (Å²) in [4.78, 5) is 13.6. The first-order chi connectivity index (χ1) is 9.49. The minimum absolute atomic E-state index is 0.119. The van der Waals surface area contributed by atoms with Crippen molar-refractivity contribution in [1.82, 2.24) is 4.90 Å². The van der Waals surface area contributed by atoms with Crippen LogP contribution in [0.4, 0.5) is 0 Å². The summed E-state index contributed by atoms with van der Waals surface area (Å²) in [6, 6.07) is 5.22. The molecule has 20 heavy (non-hydrogen) atoms. The van der Waals surface area contributed by atoms with Crippen LogP contribution in [0, 0.1) is 5.92 Å². The molecule has 5 heteroatoms. The van der Waals surface area contributed by atoms with Gasteiger partial charge in [-0.05, 0) is 37.0 Å². The minimum Gasteiger partial charge on any atom is -0.386 e. The van der Waals surface area contributed by atoms with Gasteiger partial charge >= 0.3 is 0 Å². The van der Waals surface area contributed by atoms with E-state index in [4.69, 9.17) is 23.2 Å². The van der Waals surface area contributed by atoms with Gasteiger partial charge in [-0.25, -0.2) is 0 Å². The predicted octanol–water partition coefficient (Wildman–Crippen LogP) is 2.99. The number of aliphatic hydroxyl groups is 1. The van der Waals surface area contributed by atoms with E-state index >= 15 is 0 Å². The molecule has 1 saturated heterocycles. The molecule has 3 nitrogen and oxygen atoms in total. The molecule has 1 aliphatic heterocycles. The smallest absolute Gasteiger partial charge is 0.246 e. The molecule has 1 amide bonds. The lowest BCUT2D eigenvalue weighted by atomic mass is 9.88. The second-order valence-corrected chi connectivity index (χ2v) is 6.36. The summed E-state index contributed by atoms with van der Waals surface area (Å²) in [5.74, 6) is 0.264. The number of likely N-dealkylation sites (tertiary alicyclic amines) is 1. The number of benzene rings is 1. The van der Waals surface area contributed by atoms with E-state index in [1.807, 2.05) is 0 Å². The summed E-state index contributed by atoms with van der Waals surface area (Å²) in [5.41, 5.74) is -0.00639. The Morgan fingerprint density at radius 1 is 1.30 bits per heavy atom. The normalized spacial score (nSPS) is 21.1. The zero-order chi connectivity index (χ0) is 14.3. The number of nitrogens with zero attached hydrogens (tertiary/aromatic N) is 1. The van der Waals surface area contributed by atoms with E-state index in [9.17, 15) is 9.90 Å². The van der Waals surface area contributed by atoms with Gasteiger partial charge in [-0.3, -0.25) is 4.79 Å². The zero-order valence-electron chi connectivity index (χ0n) is 10.9. The summed E-state index contributed by atoms with van der Waals surface area (Å²) in [7, 11) is 0. The topological polar surface area (TPSA) is 40.5 Å². The fourth-order valence-corrected chi connectivity index (χ4v) is 3.10. The van der Waals surface area contributed by atoms with E-state index in [1.165, 1.54) is 6.08 Å². The van der Waals surface area contributed by atoms with Crippen molar-refractivity contribution in [2.45, 2.75) is 18.4 Å². The van der Waals surface area contributed by atoms with Gasteiger partial charge in [-0.15, -0.1) is 0 Å². The highest BCUT2D eigenvalue weighted by molar-refractivity contribution is 6.37. The fraction of sp³-hybridized carbons (Fsp3) is 0.400. The van der Waals surface area contributed by atoms with Crippen LogP contribution in [0.3, 0.4) is 0 Å². The third-order valence-electron chi connectivity index (χ3n) is 3.97. The third-order valence-corrected chi connectivity index (χ3v) is 4.63. The van der Waals surface area contributed by atoms with Gasteiger partial charge in [0.1, 0.15) is 5.60 Å². The van der Waals surface area contributed by atoms with Gasteiger partial charge in [-0.2, -0.15) is 0 Å². The molecule has 0 radical (unpaired) electrons. The molecular weight excluding hydrogens is 297 g/mol. The Balaban J connectivity index is 1.64. The molecule has 2 aliphatic rings. The monoisotopic (exact) mass is 311 g/mol. The number of β-amino-alcohol motifs (C(OH)–C–C–N with tert-alkyl or cyclic N) is 1. The molecule has 1 aromatic carbocycles. The van der Waals surface area contributed by atoms with Crippen molar-refractivity contribution in [3.63, 3.8) is 0 Å². The van der Waals surface area contributed by atoms with E-state index < -0.39 is 5.60 Å². The van der Waals surface area contributed by atoms with Crippen molar-refractivity contribution in [2.24, 2.45) is 5.92 Å². The third kappa shape index (κ3) is 2.58. The lowest BCUT2D eigenvalue weighted by Crippen LogP contribution is -2.64. The van der Waals surface area contributed by atoms with E-state index in [-0.39, 0.29) is 5.91 Å². The summed E-state index contributed by atoms with van der Waals surface area (Å²) < 4.78 is 0. The van der Waals surface area contributed by atoms with Gasteiger partial charge in [0.05, 0.1) is 13.1 Å². The molecule has 1 aliphatic carbocycles. The molecule has 0 spiro atoms. The first kappa shape index (κ1) is 13.9. The molecule has 1 saturated carbocycles. The predicted molar refractivity (Wildman–Crippen MR) is 79.7 cm³/mol. The highest BCUT2D eigenvalue weighted by atomic mass is 35.5. The summed E-state index contributed by atoms with van der Waals surface area (Å²) in [6.07, 6.45) is 5.23. The number of carbonyl (C=O) groups is 1. The van der Waals surface area contributed by atoms with Crippen molar-refractivity contribution in [2.75, 3.05) is 13.1 Å². The van der Waals surface area contributed by atoms with Gasteiger partial charge in [-0.1, -0.05) is 29.3 Å². The van der Waals surface area contributed by atoms with E-state index in [1.54, 1.807) is 29.2 Å². The molecule has 0 unspecified atom stereocenters. The fourth-order valence-electron chi connectivity index (χ4n) is 2.58. The second kappa shape index (κ2) is 5.06. The molecule has 0 bridgehead atoms. The van der Waals surface area contributed by atoms with Crippen molar-refractivity contribution in [3.8, 4) is 0 Å². The lowest BCUT2D eigenvalue weighted by Gasteiger charge is -2.46. The van der Waals surface area contributed by atoms with Gasteiger partial charge in [0.25, 0.3) is 0 Å². The van der Waals surface area contributed by atoms with Crippen LogP contribution in [-0.2, 0) is 4.79 Å². The standard InChI is InChI=1S/C15H15Cl2NO2/c16-12-2-1-3-13(17)11(12)6-7-14(19)18-8-15(20,9-18)10-4-5-10/h1-3,6-7,10,20H,4-5,8-9H2. The Morgan fingerprint density at radius 3 is 2.45 bits per heavy atom. The Kier molecular flexibility index (Phi) is 3.53. The largest absolute Gasteiger partial charge is 0.386 e. The van der Waals surface area contributed by atoms with E-state index in [0.29, 0.717) is 34.6 Å². The molecular formula is C15H15Cl2NO2. The highest BCUT2D eigenvalue weighted by Crippen LogP contribution is 2.44. The summed E-state index contributed by atoms with van der Waals surface area (Å²) in [5, 5.41) is 11.2. The lowest BCUT2D eigenvalue weighted by molar-refractivity contribution is -0.154. The van der Waals surface area contributed by atoms with Gasteiger partial charge in [0, 0.05) is 21.7 Å². The Labute approximate surface area is 127 Å². The zero-order valence-corrected chi connectivity index (χ0v) is 12.4. The number of halogens is 2. The van der Waals surface area contributed by atoms with Crippen LogP contribution in [0.1, 0.15) is 18.4 Å². The highest BCUT2D eigenvalue weighted by Gasteiger charge is 2.52. The maximum Gasteiger partial charge on any atom is 0.246 e. The minimum atomic E-state index is -0.647. The van der Waals surface area contributed by atoms with Crippen molar-refractivity contribution in [1.29, 1.82) is 0 Å². The molecule has 1 aromatic rings. The summed E-state index contributed by atoms with van der Waals surface area (Å²) >= 11 is 12.1. The number of amides is 1. The van der Waals surface area contributed by atoms with E-state index in [0.717, 1.165) is 12.8 Å². The quantitative estimate of drug-likeness (QED) is 0.872. The average molecular weight is 312 g/mol. The van der Waals surface area contributed by atoms with Gasteiger partial charge < -0.3 is 10.0 Å². The first-order valence-corrected chi connectivity index (χ1v) is 7.38. The Hall–Kier alpha value is -1.03. The van der Waals surface area contributed by atoms with Crippen LogP contribution in [0.25, 0.3) is 6.08 Å². The molecule has 1 heterocycles. The first-order valence-electron chi connectivity index (χ1n) is 6.63. The Morgan fingerprint density at radius 2 is 1.90 bits per heavy atom. The molecule has 3 rings (SSSR count). The van der Waals surface area contributed by atoms with Crippen LogP contribution >= 0.6 is 23.2 Å². The van der Waals surface area contributed by atoms with Crippen molar-refractivity contribution in [3.05, 3.63) is 39.9 Å². The van der Waals surface area contributed by atoms with Crippen LogP contribution in [0.5, 0.6) is 0 Å². The van der Waals surface area contributed by atoms with Crippen molar-refractivity contribution >= 4 is 35.2 Å². The molecule has 0 atom stereocenters. The second-order valence-electron chi connectivity index (χ2n) is 5.54. The number of hydrogen-bond acceptors (Lipinski definition) is 2. The maximum absolute atomic E-state index is 12.0. The molecule has 106 valence electrons. The van der Waals surface area contributed by atoms with Gasteiger partial charge in [0.15, 0.2) is 0 Å². The Bertz CT molecular complexity index is 555. The average Bonchev–Trinajstić information content (AvgIpc) is 3.18. The number of carbonyl (C=O) groups excluding carboxylic acids is 1. The summed E-state index contributed by atoms with van der Waals surface area (Å²) in [6.45, 7) is 0.855. The van der Waals surface area contributed by atoms with Crippen molar-refractivity contribution < 1.29 is 9.90 Å². The maximum atomic E-state index is 12.0. The van der Waals surface area contributed by atoms with Crippen LogP contribution in [-0.4, -0.2) is 34.6 Å². The molecule has 1 N–H and O–H groups in total. The van der Waals surface area contributed by atoms with Crippen LogP contribution in [0.2, 0.25) is 10.0 Å². The SMILES string of the molecule is O=C(C=Cc1c(Cl)cccc1Cl)N1CC(O)(C2CC2)C1. The van der Waals surface area contributed by atoms with E-state index in [2.05, 4.69) is 0 Å². The number of rotatable bonds is 3. The molecule has 2 fully saturated rings.